The van der Waals surface area contributed by atoms with E-state index in [9.17, 15) is 14.7 Å². The van der Waals surface area contributed by atoms with Crippen molar-refractivity contribution in [2.75, 3.05) is 6.54 Å². The number of aliphatic hydroxyl groups is 1. The second-order valence-electron chi connectivity index (χ2n) is 11.0. The highest BCUT2D eigenvalue weighted by molar-refractivity contribution is 5.97. The van der Waals surface area contributed by atoms with E-state index in [1.807, 2.05) is 24.3 Å². The molecule has 4 unspecified atom stereocenters. The number of nitrogens with two attached hydrogens (primary N) is 1. The van der Waals surface area contributed by atoms with Crippen LogP contribution in [0.15, 0.2) is 42.5 Å². The Hall–Kier alpha value is -2.90. The van der Waals surface area contributed by atoms with Gasteiger partial charge in [-0.15, -0.1) is 0 Å². The number of rotatable bonds is 6. The van der Waals surface area contributed by atoms with Crippen molar-refractivity contribution in [3.05, 3.63) is 64.7 Å². The van der Waals surface area contributed by atoms with Crippen LogP contribution in [-0.2, 0) is 11.0 Å². The van der Waals surface area contributed by atoms with Crippen LogP contribution in [0, 0.1) is 5.92 Å². The largest absolute Gasteiger partial charge is 0.486 e. The summed E-state index contributed by atoms with van der Waals surface area (Å²) in [7, 11) is 0. The van der Waals surface area contributed by atoms with E-state index in [-0.39, 0.29) is 17.5 Å². The SMILES string of the molecule is NC(=O)c1ccc2c3c1O[C@H]1C(NC(=O)c4ccccc4)CCC4(O)CC2(NCC2CC2)CC314. The summed E-state index contributed by atoms with van der Waals surface area (Å²) < 4.78 is 6.53. The van der Waals surface area contributed by atoms with Crippen LogP contribution in [0.25, 0.3) is 0 Å². The summed E-state index contributed by atoms with van der Waals surface area (Å²) in [5.74, 6) is 0.508. The maximum Gasteiger partial charge on any atom is 0.252 e. The molecule has 1 heterocycles. The van der Waals surface area contributed by atoms with Gasteiger partial charge >= 0.3 is 0 Å². The lowest BCUT2D eigenvalue weighted by molar-refractivity contribution is -0.0973. The first-order valence-electron chi connectivity index (χ1n) is 12.3. The highest BCUT2D eigenvalue weighted by Gasteiger charge is 2.78. The van der Waals surface area contributed by atoms with Crippen molar-refractivity contribution in [2.45, 2.75) is 67.2 Å². The molecule has 7 nitrogen and oxygen atoms in total. The summed E-state index contributed by atoms with van der Waals surface area (Å²) in [6, 6.07) is 12.6. The molecule has 1 aliphatic heterocycles. The second kappa shape index (κ2) is 6.61. The van der Waals surface area contributed by atoms with E-state index >= 15 is 0 Å². The molecule has 3 saturated carbocycles. The quantitative estimate of drug-likeness (QED) is 0.528. The molecule has 1 spiro atoms. The Morgan fingerprint density at radius 3 is 2.62 bits per heavy atom. The third kappa shape index (κ3) is 2.49. The molecule has 2 bridgehead atoms. The number of hydrogen-bond donors (Lipinski definition) is 4. The molecule has 5 atom stereocenters. The highest BCUT2D eigenvalue weighted by atomic mass is 16.5. The zero-order valence-electron chi connectivity index (χ0n) is 19.0. The molecule has 2 aromatic carbocycles. The number of benzene rings is 2. The lowest BCUT2D eigenvalue weighted by atomic mass is 9.58. The number of ether oxygens (including phenoxy) is 1. The zero-order chi connectivity index (χ0) is 23.3. The van der Waals surface area contributed by atoms with Crippen LogP contribution in [-0.4, -0.2) is 41.2 Å². The molecule has 176 valence electrons. The van der Waals surface area contributed by atoms with Gasteiger partial charge in [-0.25, -0.2) is 0 Å². The molecule has 7 rings (SSSR count). The van der Waals surface area contributed by atoms with Gasteiger partial charge in [0, 0.05) is 16.7 Å². The predicted octanol–water partition coefficient (Wildman–Crippen LogP) is 2.11. The fourth-order valence-electron chi connectivity index (χ4n) is 7.50. The van der Waals surface area contributed by atoms with Crippen LogP contribution in [0.1, 0.15) is 70.4 Å². The molecule has 34 heavy (non-hydrogen) atoms. The fourth-order valence-corrected chi connectivity index (χ4v) is 7.50. The molecule has 5 N–H and O–H groups in total. The van der Waals surface area contributed by atoms with E-state index in [2.05, 4.69) is 10.6 Å². The second-order valence-corrected chi connectivity index (χ2v) is 11.0. The third-order valence-electron chi connectivity index (χ3n) is 9.13. The van der Waals surface area contributed by atoms with Crippen molar-refractivity contribution >= 4 is 11.8 Å². The first-order valence-corrected chi connectivity index (χ1v) is 12.3. The molecule has 0 saturated heterocycles. The Kier molecular flexibility index (Phi) is 3.98. The van der Waals surface area contributed by atoms with Gasteiger partial charge in [-0.1, -0.05) is 24.3 Å². The predicted molar refractivity (Wildman–Crippen MR) is 125 cm³/mol. The lowest BCUT2D eigenvalue weighted by Gasteiger charge is -2.50. The van der Waals surface area contributed by atoms with Gasteiger partial charge in [-0.2, -0.15) is 0 Å². The van der Waals surface area contributed by atoms with Crippen LogP contribution in [0.2, 0.25) is 0 Å². The number of hydrogen-bond acceptors (Lipinski definition) is 5. The number of nitrogens with one attached hydrogen (secondary N) is 2. The Morgan fingerprint density at radius 2 is 1.88 bits per heavy atom. The summed E-state index contributed by atoms with van der Waals surface area (Å²) in [5.41, 5.74) is 6.74. The van der Waals surface area contributed by atoms with E-state index in [0.717, 1.165) is 17.7 Å². The van der Waals surface area contributed by atoms with Crippen molar-refractivity contribution in [1.82, 2.24) is 10.6 Å². The van der Waals surface area contributed by atoms with Crippen molar-refractivity contribution in [2.24, 2.45) is 11.7 Å². The summed E-state index contributed by atoms with van der Waals surface area (Å²) in [6.45, 7) is 0.929. The smallest absolute Gasteiger partial charge is 0.252 e. The van der Waals surface area contributed by atoms with Crippen LogP contribution < -0.4 is 21.1 Å². The van der Waals surface area contributed by atoms with E-state index in [1.165, 1.54) is 12.8 Å². The molecule has 0 aromatic heterocycles. The highest BCUT2D eigenvalue weighted by Crippen LogP contribution is 2.73. The molecule has 7 heteroatoms. The van der Waals surface area contributed by atoms with Gasteiger partial charge in [0.1, 0.15) is 11.9 Å². The minimum Gasteiger partial charge on any atom is -0.486 e. The molecule has 2 amide bonds. The van der Waals surface area contributed by atoms with Crippen molar-refractivity contribution in [1.29, 1.82) is 0 Å². The lowest BCUT2D eigenvalue weighted by Crippen LogP contribution is -2.65. The number of carbonyl (C=O) groups excluding carboxylic acids is 2. The topological polar surface area (TPSA) is 114 Å². The summed E-state index contributed by atoms with van der Waals surface area (Å²) >= 11 is 0. The minimum atomic E-state index is -0.962. The molecule has 5 aliphatic rings. The van der Waals surface area contributed by atoms with Crippen LogP contribution in [0.3, 0.4) is 0 Å². The fraction of sp³-hybridized carbons (Fsp3) is 0.481. The van der Waals surface area contributed by atoms with Gasteiger partial charge in [0.2, 0.25) is 0 Å². The number of carbonyl (C=O) groups is 2. The Bertz CT molecular complexity index is 1230. The average Bonchev–Trinajstić information content (AvgIpc) is 3.46. The van der Waals surface area contributed by atoms with Crippen LogP contribution in [0.4, 0.5) is 0 Å². The van der Waals surface area contributed by atoms with Gasteiger partial charge in [0.25, 0.3) is 11.8 Å². The van der Waals surface area contributed by atoms with Crippen molar-refractivity contribution < 1.29 is 19.4 Å². The van der Waals surface area contributed by atoms with E-state index in [1.54, 1.807) is 18.2 Å². The first kappa shape index (κ1) is 20.5. The number of amides is 2. The Labute approximate surface area is 198 Å². The van der Waals surface area contributed by atoms with E-state index < -0.39 is 23.0 Å². The number of fused-ring (bicyclic) bond motifs is 2. The van der Waals surface area contributed by atoms with E-state index in [0.29, 0.717) is 48.5 Å². The normalized spacial score (nSPS) is 36.1. The van der Waals surface area contributed by atoms with E-state index in [4.69, 9.17) is 10.5 Å². The molecule has 3 fully saturated rings. The van der Waals surface area contributed by atoms with Gasteiger partial charge in [-0.3, -0.25) is 9.59 Å². The van der Waals surface area contributed by atoms with Crippen molar-refractivity contribution in [3.63, 3.8) is 0 Å². The average molecular weight is 460 g/mol. The first-order chi connectivity index (χ1) is 16.4. The van der Waals surface area contributed by atoms with Gasteiger partial charge in [0.15, 0.2) is 0 Å². The molecule has 4 aliphatic carbocycles. The van der Waals surface area contributed by atoms with Gasteiger partial charge < -0.3 is 26.2 Å². The molecule has 0 radical (unpaired) electrons. The summed E-state index contributed by atoms with van der Waals surface area (Å²) in [5, 5.41) is 19.2. The van der Waals surface area contributed by atoms with Crippen LogP contribution in [0.5, 0.6) is 5.75 Å². The molecule has 2 aromatic rings. The number of primary amides is 1. The zero-order valence-corrected chi connectivity index (χ0v) is 19.0. The van der Waals surface area contributed by atoms with Crippen molar-refractivity contribution in [3.8, 4) is 5.75 Å². The molecular formula is C27H29N3O4. The standard InChI is InChI=1S/C27H29N3O4/c28-23(31)17-8-9-18-20-21(17)34-22-19(30-24(32)16-4-2-1-3-5-16)10-11-26(33)13-25(18,14-27(20,22)26)29-12-15-6-7-15/h1-5,8-9,15,19,22,29,33H,6-7,10-14H2,(H2,28,31)(H,30,32)/t19?,22-,25?,26?,27?/m0/s1. The Morgan fingerprint density at radius 1 is 1.09 bits per heavy atom. The molecular weight excluding hydrogens is 430 g/mol. The summed E-state index contributed by atoms with van der Waals surface area (Å²) in [6.07, 6.45) is 4.53. The van der Waals surface area contributed by atoms with Gasteiger partial charge in [-0.05, 0) is 74.8 Å². The Balaban J connectivity index is 1.32. The monoisotopic (exact) mass is 459 g/mol. The van der Waals surface area contributed by atoms with Gasteiger partial charge in [0.05, 0.1) is 22.6 Å². The van der Waals surface area contributed by atoms with Crippen LogP contribution >= 0.6 is 0 Å². The summed E-state index contributed by atoms with van der Waals surface area (Å²) in [4.78, 5) is 25.4. The minimum absolute atomic E-state index is 0.156. The maximum absolute atomic E-state index is 13.1. The third-order valence-corrected chi connectivity index (χ3v) is 9.13. The maximum atomic E-state index is 13.1.